The lowest BCUT2D eigenvalue weighted by molar-refractivity contribution is -0.122. The molecule has 0 radical (unpaired) electrons. The molecule has 3 aliphatic heterocycles. The van der Waals surface area contributed by atoms with E-state index in [-0.39, 0.29) is 18.1 Å². The highest BCUT2D eigenvalue weighted by Gasteiger charge is 2.40. The number of allylic oxidation sites excluding steroid dienone is 1. The molecule has 3 aliphatic rings. The van der Waals surface area contributed by atoms with E-state index in [0.29, 0.717) is 12.3 Å². The van der Waals surface area contributed by atoms with E-state index in [2.05, 4.69) is 28.7 Å². The van der Waals surface area contributed by atoms with Gasteiger partial charge in [-0.2, -0.15) is 0 Å². The molecular formula is C13H18N4O. The largest absolute Gasteiger partial charge is 0.352 e. The molecule has 0 aliphatic carbocycles. The third-order valence-electron chi connectivity index (χ3n) is 3.84. The fourth-order valence-electron chi connectivity index (χ4n) is 3.13. The van der Waals surface area contributed by atoms with Crippen molar-refractivity contribution in [3.05, 3.63) is 23.4 Å². The van der Waals surface area contributed by atoms with E-state index in [1.165, 1.54) is 11.1 Å². The number of piperidine rings is 1. The summed E-state index contributed by atoms with van der Waals surface area (Å²) >= 11 is 0. The maximum atomic E-state index is 11.6. The van der Waals surface area contributed by atoms with Gasteiger partial charge in [-0.3, -0.25) is 14.8 Å². The summed E-state index contributed by atoms with van der Waals surface area (Å²) in [5.41, 5.74) is 5.62. The van der Waals surface area contributed by atoms with Crippen molar-refractivity contribution in [3.8, 4) is 0 Å². The number of hydrogen-bond acceptors (Lipinski definition) is 4. The number of aliphatic imine (C=N–C) groups is 1. The third kappa shape index (κ3) is 1.66. The summed E-state index contributed by atoms with van der Waals surface area (Å²) in [4.78, 5) is 16.2. The van der Waals surface area contributed by atoms with E-state index in [1.807, 2.05) is 24.5 Å². The Morgan fingerprint density at radius 2 is 2.39 bits per heavy atom. The Balaban J connectivity index is 2.03. The van der Waals surface area contributed by atoms with Crippen molar-refractivity contribution in [1.82, 2.24) is 15.8 Å². The molecule has 96 valence electrons. The summed E-state index contributed by atoms with van der Waals surface area (Å²) in [6, 6.07) is 0.151. The second-order valence-corrected chi connectivity index (χ2v) is 4.99. The zero-order chi connectivity index (χ0) is 12.7. The van der Waals surface area contributed by atoms with Gasteiger partial charge in [0.1, 0.15) is 0 Å². The number of fused-ring (bicyclic) bond motifs is 3. The molecule has 18 heavy (non-hydrogen) atoms. The van der Waals surface area contributed by atoms with Crippen LogP contribution >= 0.6 is 0 Å². The average molecular weight is 246 g/mol. The first-order valence-electron chi connectivity index (χ1n) is 6.38. The number of dihydropyridines is 1. The van der Waals surface area contributed by atoms with E-state index < -0.39 is 0 Å². The molecule has 0 saturated carbocycles. The Bertz CT molecular complexity index is 466. The van der Waals surface area contributed by atoms with Crippen LogP contribution in [0.25, 0.3) is 0 Å². The van der Waals surface area contributed by atoms with Gasteiger partial charge in [0.25, 0.3) is 0 Å². The quantitative estimate of drug-likeness (QED) is 0.665. The first kappa shape index (κ1) is 11.5. The number of carbonyl (C=O) groups excluding carboxylic acids is 1. The van der Waals surface area contributed by atoms with Gasteiger partial charge in [0, 0.05) is 37.8 Å². The SMILES string of the molecule is CNN1C=C2CC(=O)NC(C)C2C2=CCC=NC21. The Hall–Kier alpha value is -1.62. The molecule has 2 N–H and O–H groups in total. The van der Waals surface area contributed by atoms with E-state index in [0.717, 1.165) is 6.42 Å². The number of hydrazine groups is 1. The van der Waals surface area contributed by atoms with Crippen LogP contribution in [0, 0.1) is 5.92 Å². The number of rotatable bonds is 1. The van der Waals surface area contributed by atoms with Crippen molar-refractivity contribution in [2.24, 2.45) is 10.9 Å². The first-order chi connectivity index (χ1) is 8.70. The smallest absolute Gasteiger partial charge is 0.224 e. The highest BCUT2D eigenvalue weighted by Crippen LogP contribution is 2.38. The van der Waals surface area contributed by atoms with E-state index in [9.17, 15) is 4.79 Å². The number of amides is 1. The second kappa shape index (κ2) is 4.24. The van der Waals surface area contributed by atoms with Crippen molar-refractivity contribution in [1.29, 1.82) is 0 Å². The minimum atomic E-state index is 0.0370. The van der Waals surface area contributed by atoms with Crippen LogP contribution in [0.2, 0.25) is 0 Å². The molecule has 3 atom stereocenters. The van der Waals surface area contributed by atoms with E-state index in [1.54, 1.807) is 0 Å². The molecule has 0 aromatic carbocycles. The standard InChI is InChI=1S/C13H18N4O/c1-8-12-9(6-11(18)16-8)7-17(14-2)13-10(12)4-3-5-15-13/h4-5,7-8,12-14H,3,6H2,1-2H3,(H,16,18). The van der Waals surface area contributed by atoms with Crippen molar-refractivity contribution >= 4 is 12.1 Å². The maximum absolute atomic E-state index is 11.6. The molecular weight excluding hydrogens is 228 g/mol. The van der Waals surface area contributed by atoms with Crippen LogP contribution in [0.15, 0.2) is 28.4 Å². The number of hydrogen-bond donors (Lipinski definition) is 2. The highest BCUT2D eigenvalue weighted by molar-refractivity contribution is 5.81. The Labute approximate surface area is 107 Å². The number of nitrogens with zero attached hydrogens (tertiary/aromatic N) is 2. The highest BCUT2D eigenvalue weighted by atomic mass is 16.1. The average Bonchev–Trinajstić information content (AvgIpc) is 2.36. The fourth-order valence-corrected chi connectivity index (χ4v) is 3.13. The molecule has 5 heteroatoms. The topological polar surface area (TPSA) is 56.7 Å². The minimum Gasteiger partial charge on any atom is -0.352 e. The minimum absolute atomic E-state index is 0.0370. The molecule has 0 aromatic rings. The van der Waals surface area contributed by atoms with Crippen LogP contribution < -0.4 is 10.7 Å². The van der Waals surface area contributed by atoms with Gasteiger partial charge in [0.05, 0.1) is 6.42 Å². The Kier molecular flexibility index (Phi) is 2.70. The van der Waals surface area contributed by atoms with Crippen molar-refractivity contribution in [3.63, 3.8) is 0 Å². The van der Waals surface area contributed by atoms with Gasteiger partial charge in [0.2, 0.25) is 5.91 Å². The lowest BCUT2D eigenvalue weighted by atomic mass is 9.77. The van der Waals surface area contributed by atoms with Gasteiger partial charge in [-0.05, 0) is 18.1 Å². The predicted molar refractivity (Wildman–Crippen MR) is 69.7 cm³/mol. The summed E-state index contributed by atoms with van der Waals surface area (Å²) in [6.07, 6.45) is 7.64. The molecule has 3 rings (SSSR count). The van der Waals surface area contributed by atoms with Crippen molar-refractivity contribution < 1.29 is 4.79 Å². The zero-order valence-corrected chi connectivity index (χ0v) is 10.7. The lowest BCUT2D eigenvalue weighted by Crippen LogP contribution is -2.53. The summed E-state index contributed by atoms with van der Waals surface area (Å²) in [6.45, 7) is 2.07. The van der Waals surface area contributed by atoms with Crippen molar-refractivity contribution in [2.45, 2.75) is 32.0 Å². The van der Waals surface area contributed by atoms with E-state index >= 15 is 0 Å². The predicted octanol–water partition coefficient (Wildman–Crippen LogP) is 0.572. The zero-order valence-electron chi connectivity index (χ0n) is 10.7. The third-order valence-corrected chi connectivity index (χ3v) is 3.84. The van der Waals surface area contributed by atoms with Crippen LogP contribution in [0.4, 0.5) is 0 Å². The van der Waals surface area contributed by atoms with Gasteiger partial charge < -0.3 is 5.32 Å². The normalized spacial score (nSPS) is 34.2. The molecule has 1 saturated heterocycles. The summed E-state index contributed by atoms with van der Waals surface area (Å²) in [5.74, 6) is 0.411. The molecule has 1 amide bonds. The van der Waals surface area contributed by atoms with Gasteiger partial charge in [-0.15, -0.1) is 0 Å². The monoisotopic (exact) mass is 246 g/mol. The van der Waals surface area contributed by atoms with Gasteiger partial charge in [-0.1, -0.05) is 6.08 Å². The second-order valence-electron chi connectivity index (χ2n) is 4.99. The summed E-state index contributed by atoms with van der Waals surface area (Å²) in [5, 5.41) is 5.02. The van der Waals surface area contributed by atoms with Gasteiger partial charge >= 0.3 is 0 Å². The van der Waals surface area contributed by atoms with Crippen LogP contribution in [0.5, 0.6) is 0 Å². The summed E-state index contributed by atoms with van der Waals surface area (Å²) < 4.78 is 0. The Morgan fingerprint density at radius 1 is 1.56 bits per heavy atom. The molecule has 0 aromatic heterocycles. The van der Waals surface area contributed by atoms with Crippen LogP contribution in [-0.4, -0.2) is 36.4 Å². The van der Waals surface area contributed by atoms with Gasteiger partial charge in [0.15, 0.2) is 6.17 Å². The summed E-state index contributed by atoms with van der Waals surface area (Å²) in [7, 11) is 1.88. The van der Waals surface area contributed by atoms with Crippen LogP contribution in [0.3, 0.4) is 0 Å². The van der Waals surface area contributed by atoms with Crippen LogP contribution in [0.1, 0.15) is 19.8 Å². The lowest BCUT2D eigenvalue weighted by Gasteiger charge is -2.44. The fraction of sp³-hybridized carbons (Fsp3) is 0.538. The molecule has 1 fully saturated rings. The molecule has 0 spiro atoms. The number of carbonyl (C=O) groups is 1. The Morgan fingerprint density at radius 3 is 3.17 bits per heavy atom. The van der Waals surface area contributed by atoms with Crippen LogP contribution in [-0.2, 0) is 4.79 Å². The van der Waals surface area contributed by atoms with Gasteiger partial charge in [-0.25, -0.2) is 5.43 Å². The molecule has 3 heterocycles. The molecule has 0 bridgehead atoms. The molecule has 3 unspecified atom stereocenters. The first-order valence-corrected chi connectivity index (χ1v) is 6.38. The molecule has 5 nitrogen and oxygen atoms in total. The van der Waals surface area contributed by atoms with E-state index in [4.69, 9.17) is 0 Å². The van der Waals surface area contributed by atoms with Crippen molar-refractivity contribution in [2.75, 3.05) is 7.05 Å². The maximum Gasteiger partial charge on any atom is 0.224 e. The number of nitrogens with one attached hydrogen (secondary N) is 2.